The first-order chi connectivity index (χ1) is 8.99. The molecule has 2 rings (SSSR count). The molecule has 1 amide bonds. The van der Waals surface area contributed by atoms with Crippen LogP contribution >= 0.6 is 15.9 Å². The second kappa shape index (κ2) is 5.27. The van der Waals surface area contributed by atoms with E-state index in [9.17, 15) is 9.18 Å². The van der Waals surface area contributed by atoms with Gasteiger partial charge >= 0.3 is 0 Å². The Labute approximate surface area is 117 Å². The molecule has 4 nitrogen and oxygen atoms in total. The zero-order valence-electron chi connectivity index (χ0n) is 9.69. The number of amides is 1. The molecule has 4 N–H and O–H groups in total. The van der Waals surface area contributed by atoms with E-state index >= 15 is 0 Å². The van der Waals surface area contributed by atoms with E-state index in [0.29, 0.717) is 5.75 Å². The van der Waals surface area contributed by atoms with Gasteiger partial charge < -0.3 is 16.2 Å². The Morgan fingerprint density at radius 2 is 2.00 bits per heavy atom. The number of carbonyl (C=O) groups excluding carboxylic acids is 1. The normalized spacial score (nSPS) is 10.2. The van der Waals surface area contributed by atoms with Gasteiger partial charge in [0.1, 0.15) is 11.6 Å². The van der Waals surface area contributed by atoms with Crippen molar-refractivity contribution in [3.05, 3.63) is 52.3 Å². The lowest BCUT2D eigenvalue weighted by molar-refractivity contribution is 0.0998. The molecule has 2 aromatic rings. The molecule has 0 fully saturated rings. The third-order valence-electron chi connectivity index (χ3n) is 2.42. The molecule has 19 heavy (non-hydrogen) atoms. The van der Waals surface area contributed by atoms with Crippen LogP contribution in [0, 0.1) is 5.82 Å². The highest BCUT2D eigenvalue weighted by molar-refractivity contribution is 9.10. The van der Waals surface area contributed by atoms with Crippen LogP contribution in [0.25, 0.3) is 0 Å². The molecule has 98 valence electrons. The Kier molecular flexibility index (Phi) is 3.71. The summed E-state index contributed by atoms with van der Waals surface area (Å²) in [5.41, 5.74) is 11.4. The molecular formula is C13H10BrFN2O2. The molecule has 0 aliphatic heterocycles. The van der Waals surface area contributed by atoms with Crippen LogP contribution in [0.4, 0.5) is 10.1 Å². The van der Waals surface area contributed by atoms with Crippen LogP contribution in [0.5, 0.6) is 11.5 Å². The summed E-state index contributed by atoms with van der Waals surface area (Å²) in [7, 11) is 0. The highest BCUT2D eigenvalue weighted by Gasteiger charge is 2.13. The van der Waals surface area contributed by atoms with Gasteiger partial charge in [-0.25, -0.2) is 4.39 Å². The molecule has 0 spiro atoms. The summed E-state index contributed by atoms with van der Waals surface area (Å²) >= 11 is 3.05. The summed E-state index contributed by atoms with van der Waals surface area (Å²) in [6.07, 6.45) is 0. The van der Waals surface area contributed by atoms with Crippen LogP contribution < -0.4 is 16.2 Å². The number of ether oxygens (including phenoxy) is 1. The number of hydrogen-bond donors (Lipinski definition) is 2. The molecule has 0 aromatic heterocycles. The van der Waals surface area contributed by atoms with Gasteiger partial charge in [-0.05, 0) is 46.3 Å². The van der Waals surface area contributed by atoms with Crippen molar-refractivity contribution in [2.75, 3.05) is 5.73 Å². The number of benzene rings is 2. The third kappa shape index (κ3) is 2.85. The first kappa shape index (κ1) is 13.4. The number of nitrogens with two attached hydrogens (primary N) is 2. The molecule has 0 saturated heterocycles. The Bertz CT molecular complexity index is 647. The lowest BCUT2D eigenvalue weighted by Gasteiger charge is -2.12. The minimum Gasteiger partial charge on any atom is -0.454 e. The van der Waals surface area contributed by atoms with Gasteiger partial charge in [-0.15, -0.1) is 0 Å². The summed E-state index contributed by atoms with van der Waals surface area (Å²) in [6.45, 7) is 0. The third-order valence-corrected chi connectivity index (χ3v) is 3.03. The number of para-hydroxylation sites is 1. The number of hydrogen-bond acceptors (Lipinski definition) is 3. The predicted molar refractivity (Wildman–Crippen MR) is 73.5 cm³/mol. The van der Waals surface area contributed by atoms with E-state index in [4.69, 9.17) is 16.2 Å². The summed E-state index contributed by atoms with van der Waals surface area (Å²) in [5.74, 6) is -0.561. The lowest BCUT2D eigenvalue weighted by Crippen LogP contribution is -2.13. The van der Waals surface area contributed by atoms with Crippen LogP contribution in [0.15, 0.2) is 40.9 Å². The number of carbonyl (C=O) groups is 1. The number of anilines is 1. The maximum absolute atomic E-state index is 13.1. The molecule has 2 aromatic carbocycles. The quantitative estimate of drug-likeness (QED) is 0.851. The van der Waals surface area contributed by atoms with Crippen LogP contribution in [-0.2, 0) is 0 Å². The van der Waals surface area contributed by atoms with E-state index in [0.717, 1.165) is 0 Å². The molecule has 0 heterocycles. The fraction of sp³-hybridized carbons (Fsp3) is 0. The van der Waals surface area contributed by atoms with Gasteiger partial charge in [0.15, 0.2) is 5.75 Å². The maximum atomic E-state index is 13.1. The summed E-state index contributed by atoms with van der Waals surface area (Å²) < 4.78 is 18.9. The predicted octanol–water partition coefficient (Wildman–Crippen LogP) is 3.06. The van der Waals surface area contributed by atoms with Crippen molar-refractivity contribution in [1.82, 2.24) is 0 Å². The van der Waals surface area contributed by atoms with Gasteiger partial charge in [-0.1, -0.05) is 6.07 Å². The Hall–Kier alpha value is -2.08. The van der Waals surface area contributed by atoms with E-state index in [1.807, 2.05) is 0 Å². The average molecular weight is 325 g/mol. The van der Waals surface area contributed by atoms with Crippen molar-refractivity contribution < 1.29 is 13.9 Å². The number of nitrogen functional groups attached to an aromatic ring is 1. The van der Waals surface area contributed by atoms with Crippen molar-refractivity contribution in [2.24, 2.45) is 5.73 Å². The van der Waals surface area contributed by atoms with E-state index < -0.39 is 11.7 Å². The minimum atomic E-state index is -0.650. The van der Waals surface area contributed by atoms with Gasteiger partial charge in [0.2, 0.25) is 0 Å². The standard InChI is InChI=1S/C13H10BrFN2O2/c14-9-6-7(4-5-10(9)15)19-12-8(13(17)18)2-1-3-11(12)16/h1-6H,16H2,(H2,17,18). The Morgan fingerprint density at radius 3 is 2.63 bits per heavy atom. The highest BCUT2D eigenvalue weighted by Crippen LogP contribution is 2.32. The second-order valence-electron chi connectivity index (χ2n) is 3.77. The molecule has 0 aliphatic rings. The fourth-order valence-corrected chi connectivity index (χ4v) is 1.88. The highest BCUT2D eigenvalue weighted by atomic mass is 79.9. The summed E-state index contributed by atoms with van der Waals surface area (Å²) in [4.78, 5) is 11.3. The van der Waals surface area contributed by atoms with E-state index in [-0.39, 0.29) is 21.5 Å². The van der Waals surface area contributed by atoms with Crippen LogP contribution in [0.2, 0.25) is 0 Å². The zero-order chi connectivity index (χ0) is 14.0. The Morgan fingerprint density at radius 1 is 1.26 bits per heavy atom. The van der Waals surface area contributed by atoms with Gasteiger partial charge in [0.25, 0.3) is 5.91 Å². The minimum absolute atomic E-state index is 0.161. The second-order valence-corrected chi connectivity index (χ2v) is 4.62. The first-order valence-electron chi connectivity index (χ1n) is 5.30. The molecule has 0 atom stereocenters. The molecule has 0 saturated carbocycles. The number of primary amides is 1. The first-order valence-corrected chi connectivity index (χ1v) is 6.09. The van der Waals surface area contributed by atoms with Crippen LogP contribution in [-0.4, -0.2) is 5.91 Å². The van der Waals surface area contributed by atoms with Gasteiger partial charge in [0.05, 0.1) is 15.7 Å². The topological polar surface area (TPSA) is 78.3 Å². The smallest absolute Gasteiger partial charge is 0.252 e. The lowest BCUT2D eigenvalue weighted by atomic mass is 10.1. The van der Waals surface area contributed by atoms with E-state index in [1.165, 1.54) is 24.3 Å². The van der Waals surface area contributed by atoms with Crippen molar-refractivity contribution in [2.45, 2.75) is 0 Å². The van der Waals surface area contributed by atoms with Gasteiger partial charge in [-0.3, -0.25) is 4.79 Å². The van der Waals surface area contributed by atoms with Crippen molar-refractivity contribution in [1.29, 1.82) is 0 Å². The maximum Gasteiger partial charge on any atom is 0.252 e. The molecule has 0 aliphatic carbocycles. The fourth-order valence-electron chi connectivity index (χ4n) is 1.52. The number of rotatable bonds is 3. The van der Waals surface area contributed by atoms with E-state index in [1.54, 1.807) is 12.1 Å². The molecule has 0 unspecified atom stereocenters. The van der Waals surface area contributed by atoms with Crippen molar-refractivity contribution >= 4 is 27.5 Å². The molecule has 6 heteroatoms. The van der Waals surface area contributed by atoms with E-state index in [2.05, 4.69) is 15.9 Å². The number of halogens is 2. The summed E-state index contributed by atoms with van der Waals surface area (Å²) in [5, 5.41) is 0. The molecule has 0 radical (unpaired) electrons. The average Bonchev–Trinajstić information content (AvgIpc) is 2.36. The van der Waals surface area contributed by atoms with Crippen LogP contribution in [0.1, 0.15) is 10.4 Å². The summed E-state index contributed by atoms with van der Waals surface area (Å²) in [6, 6.07) is 8.79. The van der Waals surface area contributed by atoms with Crippen LogP contribution in [0.3, 0.4) is 0 Å². The largest absolute Gasteiger partial charge is 0.454 e. The molecule has 0 bridgehead atoms. The van der Waals surface area contributed by atoms with Crippen molar-refractivity contribution in [3.63, 3.8) is 0 Å². The van der Waals surface area contributed by atoms with Crippen molar-refractivity contribution in [3.8, 4) is 11.5 Å². The molecular weight excluding hydrogens is 315 g/mol. The van der Waals surface area contributed by atoms with Gasteiger partial charge in [-0.2, -0.15) is 0 Å². The Balaban J connectivity index is 2.42. The zero-order valence-corrected chi connectivity index (χ0v) is 11.3. The van der Waals surface area contributed by atoms with Gasteiger partial charge in [0, 0.05) is 0 Å². The monoisotopic (exact) mass is 324 g/mol. The SMILES string of the molecule is NC(=O)c1cccc(N)c1Oc1ccc(F)c(Br)c1.